The number of carbonyl (C=O) groups excluding carboxylic acids is 2. The molecule has 0 aromatic rings. The molecular weight excluding hydrogens is 626 g/mol. The third-order valence-corrected chi connectivity index (χ3v) is 10.8. The van der Waals surface area contributed by atoms with Crippen LogP contribution in [0.4, 0.5) is 0 Å². The van der Waals surface area contributed by atoms with Gasteiger partial charge in [-0.25, -0.2) is 0 Å². The van der Waals surface area contributed by atoms with Crippen LogP contribution in [0.1, 0.15) is 74.7 Å². The lowest BCUT2D eigenvalue weighted by Gasteiger charge is -2.45. The van der Waals surface area contributed by atoms with Gasteiger partial charge in [0.25, 0.3) is 0 Å². The van der Waals surface area contributed by atoms with E-state index in [0.717, 1.165) is 0 Å². The van der Waals surface area contributed by atoms with Crippen molar-refractivity contribution in [1.29, 1.82) is 0 Å². The van der Waals surface area contributed by atoms with Crippen molar-refractivity contribution in [3.05, 3.63) is 0 Å². The monoisotopic (exact) mass is 689 g/mol. The summed E-state index contributed by atoms with van der Waals surface area (Å²) in [7, 11) is 5.33. The second-order valence-electron chi connectivity index (χ2n) is 14.7. The van der Waals surface area contributed by atoms with Gasteiger partial charge < -0.3 is 53.4 Å². The average Bonchev–Trinajstić information content (AvgIpc) is 3.04. The number of rotatable bonds is 6. The predicted molar refractivity (Wildman–Crippen MR) is 176 cm³/mol. The summed E-state index contributed by atoms with van der Waals surface area (Å²) >= 11 is 0. The van der Waals surface area contributed by atoms with Gasteiger partial charge in [-0.2, -0.15) is 0 Å². The van der Waals surface area contributed by atoms with E-state index in [4.69, 9.17) is 33.2 Å². The topological polar surface area (TPSA) is 163 Å². The Morgan fingerprint density at radius 3 is 2.06 bits per heavy atom. The molecule has 3 heterocycles. The van der Waals surface area contributed by atoms with Gasteiger partial charge >= 0.3 is 5.97 Å². The van der Waals surface area contributed by atoms with Crippen LogP contribution in [0.3, 0.4) is 0 Å². The average molecular weight is 690 g/mol. The Labute approximate surface area is 286 Å². The lowest BCUT2D eigenvalue weighted by Crippen LogP contribution is -2.57. The number of likely N-dealkylation sites (N-methyl/N-ethyl adjacent to an activating group) is 1. The van der Waals surface area contributed by atoms with Gasteiger partial charge in [0.2, 0.25) is 0 Å². The third kappa shape index (κ3) is 10.2. The van der Waals surface area contributed by atoms with E-state index in [1.807, 2.05) is 39.8 Å². The number of methoxy groups -OCH3 is 1. The van der Waals surface area contributed by atoms with Crippen molar-refractivity contribution in [2.24, 2.45) is 29.6 Å². The zero-order chi connectivity index (χ0) is 36.0. The lowest BCUT2D eigenvalue weighted by atomic mass is 9.83. The molecule has 13 nitrogen and oxygen atoms in total. The van der Waals surface area contributed by atoms with Gasteiger partial charge in [-0.3, -0.25) is 9.59 Å². The molecule has 3 saturated heterocycles. The summed E-state index contributed by atoms with van der Waals surface area (Å²) in [6.45, 7) is 14.8. The summed E-state index contributed by atoms with van der Waals surface area (Å²) in [6, 6.07) is -0.200. The number of aliphatic hydroxyl groups is 3. The minimum atomic E-state index is -1.02. The summed E-state index contributed by atoms with van der Waals surface area (Å²) in [5.41, 5.74) is 0. The van der Waals surface area contributed by atoms with Crippen LogP contribution in [-0.4, -0.2) is 140 Å². The summed E-state index contributed by atoms with van der Waals surface area (Å²) in [4.78, 5) is 28.8. The molecule has 3 N–H and O–H groups in total. The van der Waals surface area contributed by atoms with Crippen LogP contribution in [0.5, 0.6) is 0 Å². The van der Waals surface area contributed by atoms with Gasteiger partial charge in [0.1, 0.15) is 24.1 Å². The summed E-state index contributed by atoms with van der Waals surface area (Å²) in [5.74, 6) is -3.53. The Morgan fingerprint density at radius 2 is 1.44 bits per heavy atom. The molecule has 3 aliphatic rings. The van der Waals surface area contributed by atoms with Gasteiger partial charge in [0.15, 0.2) is 12.6 Å². The highest BCUT2D eigenvalue weighted by molar-refractivity contribution is 5.81. The fourth-order valence-electron chi connectivity index (χ4n) is 7.20. The molecule has 3 aliphatic heterocycles. The second kappa shape index (κ2) is 18.3. The minimum absolute atomic E-state index is 0.117. The van der Waals surface area contributed by atoms with E-state index in [1.165, 1.54) is 7.11 Å². The first-order chi connectivity index (χ1) is 22.5. The maximum atomic E-state index is 13.8. The van der Waals surface area contributed by atoms with Gasteiger partial charge in [-0.15, -0.1) is 0 Å². The van der Waals surface area contributed by atoms with Gasteiger partial charge in [0.05, 0.1) is 55.8 Å². The van der Waals surface area contributed by atoms with Crippen LogP contribution >= 0.6 is 0 Å². The number of nitrogens with zero attached hydrogens (tertiary/aromatic N) is 1. The highest BCUT2D eigenvalue weighted by atomic mass is 16.7. The Hall–Kier alpha value is -1.26. The molecular formula is C35H63NO12. The largest absolute Gasteiger partial charge is 0.462 e. The normalized spacial score (nSPS) is 46.4. The smallest absolute Gasteiger partial charge is 0.311 e. The number of hydrogen-bond donors (Lipinski definition) is 3. The van der Waals surface area contributed by atoms with E-state index in [-0.39, 0.29) is 49.9 Å². The van der Waals surface area contributed by atoms with Crippen LogP contribution in [0.25, 0.3) is 0 Å². The first-order valence-electron chi connectivity index (χ1n) is 17.6. The van der Waals surface area contributed by atoms with Crippen molar-refractivity contribution in [1.82, 2.24) is 4.90 Å². The highest BCUT2D eigenvalue weighted by Crippen LogP contribution is 2.35. The third-order valence-electron chi connectivity index (χ3n) is 10.8. The van der Waals surface area contributed by atoms with Gasteiger partial charge in [-0.05, 0) is 48.2 Å². The molecule has 0 unspecified atom stereocenters. The van der Waals surface area contributed by atoms with E-state index in [2.05, 4.69) is 0 Å². The fourth-order valence-corrected chi connectivity index (χ4v) is 7.20. The van der Waals surface area contributed by atoms with E-state index in [1.54, 1.807) is 34.6 Å². The van der Waals surface area contributed by atoms with Crippen LogP contribution in [0.2, 0.25) is 0 Å². The minimum Gasteiger partial charge on any atom is -0.462 e. The SMILES string of the molecule is CO[C@@H]1C[C@H](O[C@H]2[C@@H](C)[C@@H](O[C@@H]3O[C@H](C)C[C@H](N(C)C)[C@@H]3O)[C@@H](C)COCCC(=O)[C@@H](C)[C@@H](O)[C@@H](C)[C@@H](C)OC(=O)[C@H]2C)O[C@H](C)[C@@H]1O. The lowest BCUT2D eigenvalue weighted by molar-refractivity contribution is -0.299. The summed E-state index contributed by atoms with van der Waals surface area (Å²) < 4.78 is 43.0. The molecule has 0 aromatic carbocycles. The molecule has 0 spiro atoms. The molecule has 3 rings (SSSR count). The molecule has 3 fully saturated rings. The molecule has 0 aliphatic carbocycles. The number of esters is 1. The summed E-state index contributed by atoms with van der Waals surface area (Å²) in [6.07, 6.45) is -7.09. The molecule has 0 radical (unpaired) electrons. The maximum Gasteiger partial charge on any atom is 0.311 e. The quantitative estimate of drug-likeness (QED) is 0.348. The zero-order valence-electron chi connectivity index (χ0n) is 30.8. The number of hydrogen-bond acceptors (Lipinski definition) is 13. The zero-order valence-corrected chi connectivity index (χ0v) is 30.8. The Bertz CT molecular complexity index is 1020. The van der Waals surface area contributed by atoms with Crippen LogP contribution in [0, 0.1) is 29.6 Å². The summed E-state index contributed by atoms with van der Waals surface area (Å²) in [5, 5.41) is 33.0. The number of cyclic esters (lactones) is 1. The van der Waals surface area contributed by atoms with Crippen molar-refractivity contribution < 1.29 is 58.1 Å². The maximum absolute atomic E-state index is 13.8. The van der Waals surface area contributed by atoms with E-state index in [0.29, 0.717) is 6.42 Å². The highest BCUT2D eigenvalue weighted by Gasteiger charge is 2.46. The van der Waals surface area contributed by atoms with E-state index >= 15 is 0 Å². The molecule has 48 heavy (non-hydrogen) atoms. The first kappa shape index (κ1) is 41.2. The Balaban J connectivity index is 2.01. The number of ketones is 1. The molecule has 0 aromatic heterocycles. The van der Waals surface area contributed by atoms with Crippen LogP contribution < -0.4 is 0 Å². The van der Waals surface area contributed by atoms with Crippen LogP contribution in [-0.2, 0) is 42.7 Å². The van der Waals surface area contributed by atoms with Crippen molar-refractivity contribution >= 4 is 11.8 Å². The molecule has 0 saturated carbocycles. The Morgan fingerprint density at radius 1 is 0.771 bits per heavy atom. The predicted octanol–water partition coefficient (Wildman–Crippen LogP) is 2.16. The number of aliphatic hydroxyl groups excluding tert-OH is 3. The Kier molecular flexibility index (Phi) is 15.7. The second-order valence-corrected chi connectivity index (χ2v) is 14.7. The van der Waals surface area contributed by atoms with Crippen molar-refractivity contribution in [2.45, 2.75) is 148 Å². The first-order valence-corrected chi connectivity index (χ1v) is 17.6. The van der Waals surface area contributed by atoms with Crippen molar-refractivity contribution in [3.8, 4) is 0 Å². The fraction of sp³-hybridized carbons (Fsp3) is 0.943. The van der Waals surface area contributed by atoms with E-state index < -0.39 is 91.1 Å². The number of Topliss-reactive ketones (excluding diaryl/α,β-unsaturated/α-hetero) is 1. The molecule has 280 valence electrons. The van der Waals surface area contributed by atoms with Gasteiger partial charge in [0, 0.05) is 49.7 Å². The number of ether oxygens (including phenoxy) is 7. The molecule has 13 heteroatoms. The van der Waals surface area contributed by atoms with Gasteiger partial charge in [-0.1, -0.05) is 27.7 Å². The van der Waals surface area contributed by atoms with Crippen LogP contribution in [0.15, 0.2) is 0 Å². The van der Waals surface area contributed by atoms with Crippen molar-refractivity contribution in [2.75, 3.05) is 34.4 Å². The molecule has 17 atom stereocenters. The standard InChI is InChI=1S/C35H63NO12/c1-17-16-43-13-12-26(37)20(4)29(38)19(3)23(7)46-34(41)22(6)33(47-28-15-27(42-11)30(39)24(8)45-28)21(5)32(17)48-35-31(40)25(36(9)10)14-18(2)44-35/h17-25,27-33,35,38-40H,12-16H2,1-11H3/t17-,18+,19-,20+,21-,22-,23+,24+,25-,27+,28-,29-,30-,31-,32-,33-,35-/m0/s1. The molecule has 0 amide bonds. The van der Waals surface area contributed by atoms with Crippen molar-refractivity contribution in [3.63, 3.8) is 0 Å². The molecule has 0 bridgehead atoms. The number of carbonyl (C=O) groups is 2. The van der Waals surface area contributed by atoms with E-state index in [9.17, 15) is 24.9 Å².